The van der Waals surface area contributed by atoms with Gasteiger partial charge in [0.1, 0.15) is 0 Å². The highest BCUT2D eigenvalue weighted by Gasteiger charge is 2.16. The first-order valence-electron chi connectivity index (χ1n) is 12.9. The van der Waals surface area contributed by atoms with Gasteiger partial charge in [0.05, 0.1) is 22.5 Å². The number of hydrazone groups is 1. The minimum Gasteiger partial charge on any atom is -0.318 e. The van der Waals surface area contributed by atoms with Gasteiger partial charge in [0, 0.05) is 45.5 Å². The van der Waals surface area contributed by atoms with Crippen LogP contribution in [0.1, 0.15) is 38.6 Å². The summed E-state index contributed by atoms with van der Waals surface area (Å²) in [6.07, 6.45) is 1.59. The Kier molecular flexibility index (Phi) is 7.16. The molecule has 8 heteroatoms. The van der Waals surface area contributed by atoms with E-state index in [1.165, 1.54) is 0 Å². The molecule has 2 aromatic heterocycles. The first-order valence-corrected chi connectivity index (χ1v) is 12.9. The normalized spacial score (nSPS) is 11.2. The number of nitro groups is 1. The molecular weight excluding hydrogens is 502 g/mol. The maximum atomic E-state index is 12.8. The summed E-state index contributed by atoms with van der Waals surface area (Å²) < 4.78 is 4.09. The number of rotatable bonds is 7. The van der Waals surface area contributed by atoms with Crippen molar-refractivity contribution in [3.63, 3.8) is 0 Å². The van der Waals surface area contributed by atoms with Gasteiger partial charge in [-0.25, -0.2) is 5.43 Å². The molecule has 0 saturated carbocycles. The highest BCUT2D eigenvalue weighted by molar-refractivity contribution is 5.95. The van der Waals surface area contributed by atoms with E-state index in [0.717, 1.165) is 39.6 Å². The summed E-state index contributed by atoms with van der Waals surface area (Å²) in [5.74, 6) is -0.321. The number of nitro benzene ring substituents is 1. The first-order chi connectivity index (χ1) is 19.2. The second kappa shape index (κ2) is 10.9. The van der Waals surface area contributed by atoms with Gasteiger partial charge in [0.15, 0.2) is 0 Å². The average molecular weight is 532 g/mol. The fraction of sp³-hybridized carbons (Fsp3) is 0.125. The summed E-state index contributed by atoms with van der Waals surface area (Å²) in [5.41, 5.74) is 11.3. The number of aromatic nitrogens is 2. The maximum Gasteiger partial charge on any atom is 0.274 e. The van der Waals surface area contributed by atoms with Gasteiger partial charge >= 0.3 is 0 Å². The van der Waals surface area contributed by atoms with Crippen LogP contribution in [0.2, 0.25) is 0 Å². The van der Waals surface area contributed by atoms with Crippen molar-refractivity contribution in [2.75, 3.05) is 0 Å². The summed E-state index contributed by atoms with van der Waals surface area (Å²) in [6.45, 7) is 7.60. The number of carbonyl (C=O) groups excluding carboxylic acids is 1. The molecule has 0 aliphatic carbocycles. The van der Waals surface area contributed by atoms with Crippen LogP contribution < -0.4 is 5.43 Å². The number of carbonyl (C=O) groups is 1. The third kappa shape index (κ3) is 5.07. The molecule has 0 atom stereocenters. The van der Waals surface area contributed by atoms with E-state index in [-0.39, 0.29) is 16.5 Å². The number of amides is 1. The number of hydrogen-bond acceptors (Lipinski definition) is 4. The summed E-state index contributed by atoms with van der Waals surface area (Å²) in [4.78, 5) is 23.8. The molecule has 2 heterocycles. The van der Waals surface area contributed by atoms with Crippen molar-refractivity contribution in [3.05, 3.63) is 135 Å². The number of benzene rings is 3. The highest BCUT2D eigenvalue weighted by atomic mass is 16.6. The lowest BCUT2D eigenvalue weighted by Gasteiger charge is -2.12. The van der Waals surface area contributed by atoms with Crippen molar-refractivity contribution >= 4 is 17.8 Å². The minimum absolute atomic E-state index is 0.0710. The SMILES string of the molecule is Cc1ccc(-n2c(C)cc(/C=N/NC(=O)c3ccc(-n4c(C)ccc4-c4ccccc4)cc3)c2C)cc1[N+](=O)[O-]. The molecular formula is C32H29N5O3. The Bertz CT molecular complexity index is 1750. The predicted molar refractivity (Wildman–Crippen MR) is 158 cm³/mol. The maximum absolute atomic E-state index is 12.8. The zero-order chi connectivity index (χ0) is 28.4. The summed E-state index contributed by atoms with van der Waals surface area (Å²) in [5, 5.41) is 15.6. The second-order valence-electron chi connectivity index (χ2n) is 9.70. The van der Waals surface area contributed by atoms with E-state index in [0.29, 0.717) is 16.8 Å². The Morgan fingerprint density at radius 2 is 1.52 bits per heavy atom. The number of nitrogens with zero attached hydrogens (tertiary/aromatic N) is 4. The molecule has 40 heavy (non-hydrogen) atoms. The van der Waals surface area contributed by atoms with Crippen LogP contribution in [-0.4, -0.2) is 26.2 Å². The molecule has 0 fully saturated rings. The molecule has 0 saturated heterocycles. The smallest absolute Gasteiger partial charge is 0.274 e. The molecule has 0 spiro atoms. The topological polar surface area (TPSA) is 94.5 Å². The standard InChI is InChI=1S/C32H29N5O3/c1-21-10-14-29(19-31(21)37(39)40)35-23(3)18-27(24(35)4)20-33-34-32(38)26-12-15-28(16-13-26)36-22(2)11-17-30(36)25-8-6-5-7-9-25/h5-20H,1-4H3,(H,34,38)/b33-20+. The Morgan fingerprint density at radius 1 is 0.825 bits per heavy atom. The van der Waals surface area contributed by atoms with E-state index in [1.807, 2.05) is 60.9 Å². The van der Waals surface area contributed by atoms with E-state index >= 15 is 0 Å². The molecule has 0 aliphatic rings. The minimum atomic E-state index is -0.376. The van der Waals surface area contributed by atoms with Crippen molar-refractivity contribution in [2.45, 2.75) is 27.7 Å². The van der Waals surface area contributed by atoms with E-state index in [4.69, 9.17) is 0 Å². The lowest BCUT2D eigenvalue weighted by molar-refractivity contribution is -0.385. The zero-order valence-corrected chi connectivity index (χ0v) is 22.8. The van der Waals surface area contributed by atoms with Crippen LogP contribution in [0.15, 0.2) is 96.1 Å². The third-order valence-electron chi connectivity index (χ3n) is 7.02. The third-order valence-corrected chi connectivity index (χ3v) is 7.02. The lowest BCUT2D eigenvalue weighted by atomic mass is 10.1. The Labute approximate surface area is 232 Å². The summed E-state index contributed by atoms with van der Waals surface area (Å²) >= 11 is 0. The van der Waals surface area contributed by atoms with Crippen LogP contribution in [0.25, 0.3) is 22.6 Å². The highest BCUT2D eigenvalue weighted by Crippen LogP contribution is 2.27. The number of aryl methyl sites for hydroxylation is 3. The van der Waals surface area contributed by atoms with E-state index in [2.05, 4.69) is 46.3 Å². The van der Waals surface area contributed by atoms with Crippen molar-refractivity contribution in [3.8, 4) is 22.6 Å². The van der Waals surface area contributed by atoms with Gasteiger partial charge in [-0.3, -0.25) is 14.9 Å². The summed E-state index contributed by atoms with van der Waals surface area (Å²) in [6, 6.07) is 28.9. The van der Waals surface area contributed by atoms with Gasteiger partial charge in [-0.2, -0.15) is 5.10 Å². The van der Waals surface area contributed by atoms with Crippen LogP contribution in [0, 0.1) is 37.8 Å². The molecule has 0 bridgehead atoms. The molecule has 0 aliphatic heterocycles. The molecule has 3 aromatic carbocycles. The lowest BCUT2D eigenvalue weighted by Crippen LogP contribution is -2.17. The van der Waals surface area contributed by atoms with E-state index in [1.54, 1.807) is 37.4 Å². The van der Waals surface area contributed by atoms with Crippen molar-refractivity contribution < 1.29 is 9.72 Å². The van der Waals surface area contributed by atoms with E-state index in [9.17, 15) is 14.9 Å². The van der Waals surface area contributed by atoms with Crippen LogP contribution in [0.4, 0.5) is 5.69 Å². The average Bonchev–Trinajstić information content (AvgIpc) is 3.47. The predicted octanol–water partition coefficient (Wildman–Crippen LogP) is 6.84. The fourth-order valence-corrected chi connectivity index (χ4v) is 4.95. The van der Waals surface area contributed by atoms with Gasteiger partial charge in [0.25, 0.3) is 11.6 Å². The van der Waals surface area contributed by atoms with Crippen LogP contribution in [-0.2, 0) is 0 Å². The van der Waals surface area contributed by atoms with E-state index < -0.39 is 0 Å². The Morgan fingerprint density at radius 3 is 2.23 bits per heavy atom. The molecule has 1 amide bonds. The fourth-order valence-electron chi connectivity index (χ4n) is 4.95. The van der Waals surface area contributed by atoms with Gasteiger partial charge < -0.3 is 9.13 Å². The quantitative estimate of drug-likeness (QED) is 0.141. The Hall–Kier alpha value is -5.24. The molecule has 1 N–H and O–H groups in total. The number of hydrogen-bond donors (Lipinski definition) is 1. The van der Waals surface area contributed by atoms with Gasteiger partial charge in [-0.05, 0) is 81.8 Å². The van der Waals surface area contributed by atoms with Crippen LogP contribution in [0.5, 0.6) is 0 Å². The largest absolute Gasteiger partial charge is 0.318 e. The molecule has 5 aromatic rings. The number of nitrogens with one attached hydrogen (secondary N) is 1. The summed E-state index contributed by atoms with van der Waals surface area (Å²) in [7, 11) is 0. The van der Waals surface area contributed by atoms with Gasteiger partial charge in [0.2, 0.25) is 0 Å². The van der Waals surface area contributed by atoms with Gasteiger partial charge in [-0.1, -0.05) is 36.4 Å². The molecule has 0 radical (unpaired) electrons. The van der Waals surface area contributed by atoms with Gasteiger partial charge in [-0.15, -0.1) is 0 Å². The molecule has 8 nitrogen and oxygen atoms in total. The molecule has 200 valence electrons. The van der Waals surface area contributed by atoms with Crippen molar-refractivity contribution in [1.29, 1.82) is 0 Å². The Balaban J connectivity index is 1.32. The second-order valence-corrected chi connectivity index (χ2v) is 9.70. The van der Waals surface area contributed by atoms with Crippen molar-refractivity contribution in [2.24, 2.45) is 5.10 Å². The first kappa shape index (κ1) is 26.4. The van der Waals surface area contributed by atoms with Crippen molar-refractivity contribution in [1.82, 2.24) is 14.6 Å². The molecule has 5 rings (SSSR count). The zero-order valence-electron chi connectivity index (χ0n) is 22.8. The monoisotopic (exact) mass is 531 g/mol. The molecule has 0 unspecified atom stereocenters. The van der Waals surface area contributed by atoms with Crippen LogP contribution >= 0.6 is 0 Å². The van der Waals surface area contributed by atoms with Crippen LogP contribution in [0.3, 0.4) is 0 Å².